The summed E-state index contributed by atoms with van der Waals surface area (Å²) in [5.74, 6) is -0.558. The first-order valence-electron chi connectivity index (χ1n) is 7.97. The number of hydrogen-bond acceptors (Lipinski definition) is 4. The first-order valence-corrected chi connectivity index (χ1v) is 7.97. The van der Waals surface area contributed by atoms with Crippen LogP contribution in [0, 0.1) is 6.92 Å². The molecule has 122 valence electrons. The monoisotopic (exact) mass is 320 g/mol. The van der Waals surface area contributed by atoms with Gasteiger partial charge in [-0.25, -0.2) is 0 Å². The number of amides is 1. The second kappa shape index (κ2) is 6.76. The molecule has 5 nitrogen and oxygen atoms in total. The maximum atomic E-state index is 11.7. The zero-order chi connectivity index (χ0) is 17.1. The van der Waals surface area contributed by atoms with Crippen molar-refractivity contribution in [2.24, 2.45) is 11.5 Å². The number of primary amides is 1. The Morgan fingerprint density at radius 2 is 1.83 bits per heavy atom. The summed E-state index contributed by atoms with van der Waals surface area (Å²) in [6, 6.07) is 14.2. The third-order valence-electron chi connectivity index (χ3n) is 4.12. The first kappa shape index (κ1) is 16.1. The summed E-state index contributed by atoms with van der Waals surface area (Å²) in [7, 11) is 0. The smallest absolute Gasteiger partial charge is 0.269 e. The lowest BCUT2D eigenvalue weighted by molar-refractivity contribution is 0.0994. The van der Waals surface area contributed by atoms with Crippen LogP contribution in [0.2, 0.25) is 0 Å². The molecule has 0 saturated carbocycles. The van der Waals surface area contributed by atoms with E-state index in [1.54, 1.807) is 0 Å². The van der Waals surface area contributed by atoms with Crippen LogP contribution < -0.4 is 11.5 Å². The molecule has 4 N–H and O–H groups in total. The van der Waals surface area contributed by atoms with Crippen LogP contribution in [0.5, 0.6) is 0 Å². The van der Waals surface area contributed by atoms with Gasteiger partial charge in [-0.1, -0.05) is 48.0 Å². The van der Waals surface area contributed by atoms with E-state index < -0.39 is 5.91 Å². The zero-order valence-corrected chi connectivity index (χ0v) is 13.6. The van der Waals surface area contributed by atoms with Crippen LogP contribution >= 0.6 is 0 Å². The number of nitrogens with zero attached hydrogens (tertiary/aromatic N) is 2. The molecule has 0 fully saturated rings. The van der Waals surface area contributed by atoms with Gasteiger partial charge in [0.2, 0.25) is 0 Å². The molecule has 1 heterocycles. The number of carbonyl (C=O) groups is 1. The van der Waals surface area contributed by atoms with Crippen LogP contribution in [-0.2, 0) is 6.42 Å². The van der Waals surface area contributed by atoms with E-state index in [2.05, 4.69) is 41.4 Å². The molecule has 1 aromatic heterocycles. The molecule has 3 aromatic rings. The van der Waals surface area contributed by atoms with E-state index in [4.69, 9.17) is 11.5 Å². The lowest BCUT2D eigenvalue weighted by Gasteiger charge is -2.12. The van der Waals surface area contributed by atoms with Gasteiger partial charge in [0.25, 0.3) is 5.91 Å². The summed E-state index contributed by atoms with van der Waals surface area (Å²) in [6.45, 7) is 2.59. The number of fused-ring (bicyclic) bond motifs is 1. The van der Waals surface area contributed by atoms with E-state index in [0.29, 0.717) is 13.0 Å². The Kier molecular flexibility index (Phi) is 4.53. The van der Waals surface area contributed by atoms with Crippen LogP contribution in [0.15, 0.2) is 42.5 Å². The summed E-state index contributed by atoms with van der Waals surface area (Å²) >= 11 is 0. The van der Waals surface area contributed by atoms with Gasteiger partial charge in [-0.2, -0.15) is 0 Å². The minimum Gasteiger partial charge on any atom is -0.364 e. The highest BCUT2D eigenvalue weighted by Crippen LogP contribution is 2.30. The summed E-state index contributed by atoms with van der Waals surface area (Å²) in [4.78, 5) is 11.7. The van der Waals surface area contributed by atoms with Crippen LogP contribution in [0.4, 0.5) is 0 Å². The van der Waals surface area contributed by atoms with Crippen molar-refractivity contribution in [1.29, 1.82) is 0 Å². The minimum atomic E-state index is -0.558. The topological polar surface area (TPSA) is 94.9 Å². The molecule has 0 unspecified atom stereocenters. The van der Waals surface area contributed by atoms with Crippen LogP contribution in [0.1, 0.15) is 28.0 Å². The van der Waals surface area contributed by atoms with E-state index in [0.717, 1.165) is 34.0 Å². The van der Waals surface area contributed by atoms with Crippen molar-refractivity contribution in [3.8, 4) is 11.1 Å². The quantitative estimate of drug-likeness (QED) is 0.755. The summed E-state index contributed by atoms with van der Waals surface area (Å²) in [5, 5.41) is 9.29. The van der Waals surface area contributed by atoms with E-state index in [-0.39, 0.29) is 5.69 Å². The predicted octanol–water partition coefficient (Wildman–Crippen LogP) is 2.60. The third-order valence-corrected chi connectivity index (χ3v) is 4.12. The molecule has 0 atom stereocenters. The lowest BCUT2D eigenvalue weighted by Crippen LogP contribution is -2.18. The van der Waals surface area contributed by atoms with E-state index in [1.807, 2.05) is 18.2 Å². The van der Waals surface area contributed by atoms with Gasteiger partial charge in [-0.15, -0.1) is 10.2 Å². The molecule has 24 heavy (non-hydrogen) atoms. The van der Waals surface area contributed by atoms with Gasteiger partial charge in [0.1, 0.15) is 5.52 Å². The molecule has 0 saturated heterocycles. The Balaban J connectivity index is 2.23. The molecule has 2 aromatic carbocycles. The fourth-order valence-corrected chi connectivity index (χ4v) is 2.88. The Hall–Kier alpha value is -2.79. The van der Waals surface area contributed by atoms with Crippen LogP contribution in [0.3, 0.4) is 0 Å². The van der Waals surface area contributed by atoms with Crippen molar-refractivity contribution in [1.82, 2.24) is 10.2 Å². The van der Waals surface area contributed by atoms with E-state index in [9.17, 15) is 4.79 Å². The largest absolute Gasteiger partial charge is 0.364 e. The fourth-order valence-electron chi connectivity index (χ4n) is 2.88. The predicted molar refractivity (Wildman–Crippen MR) is 95.6 cm³/mol. The van der Waals surface area contributed by atoms with E-state index >= 15 is 0 Å². The summed E-state index contributed by atoms with van der Waals surface area (Å²) in [6.07, 6.45) is 1.41. The Labute approximate surface area is 140 Å². The van der Waals surface area contributed by atoms with Crippen molar-refractivity contribution in [3.05, 3.63) is 59.3 Å². The third kappa shape index (κ3) is 2.98. The SMILES string of the molecule is Cc1ccc(-c2cccc3c(CCCN)c(C(N)=O)nnc23)cc1. The highest BCUT2D eigenvalue weighted by atomic mass is 16.1. The second-order valence-corrected chi connectivity index (χ2v) is 5.85. The zero-order valence-electron chi connectivity index (χ0n) is 13.6. The number of benzene rings is 2. The molecule has 3 rings (SSSR count). The molecule has 5 heteroatoms. The average molecular weight is 320 g/mol. The van der Waals surface area contributed by atoms with Gasteiger partial charge < -0.3 is 11.5 Å². The maximum Gasteiger partial charge on any atom is 0.269 e. The standard InChI is InChI=1S/C19H20N4O/c1-12-7-9-13(10-8-12)14-4-2-5-15-16(6-3-11-20)18(19(21)24)23-22-17(14)15/h2,4-5,7-10H,3,6,11,20H2,1H3,(H2,21,24). The van der Waals surface area contributed by atoms with Crippen LogP contribution in [-0.4, -0.2) is 22.6 Å². The number of aromatic nitrogens is 2. The number of hydrogen-bond donors (Lipinski definition) is 2. The van der Waals surface area contributed by atoms with Crippen molar-refractivity contribution >= 4 is 16.8 Å². The first-order chi connectivity index (χ1) is 11.6. The van der Waals surface area contributed by atoms with Crippen molar-refractivity contribution < 1.29 is 4.79 Å². The molecule has 0 aliphatic rings. The number of rotatable bonds is 5. The molecule has 1 amide bonds. The van der Waals surface area contributed by atoms with Gasteiger partial charge in [0.15, 0.2) is 5.69 Å². The number of aryl methyl sites for hydroxylation is 2. The lowest BCUT2D eigenvalue weighted by atomic mass is 9.96. The van der Waals surface area contributed by atoms with Crippen molar-refractivity contribution in [2.45, 2.75) is 19.8 Å². The second-order valence-electron chi connectivity index (χ2n) is 5.85. The highest BCUT2D eigenvalue weighted by molar-refractivity contribution is 6.01. The Morgan fingerprint density at radius 3 is 2.50 bits per heavy atom. The fraction of sp³-hybridized carbons (Fsp3) is 0.211. The summed E-state index contributed by atoms with van der Waals surface area (Å²) < 4.78 is 0. The summed E-state index contributed by atoms with van der Waals surface area (Å²) in [5.41, 5.74) is 16.2. The maximum absolute atomic E-state index is 11.7. The Morgan fingerprint density at radius 1 is 1.08 bits per heavy atom. The van der Waals surface area contributed by atoms with E-state index in [1.165, 1.54) is 5.56 Å². The molecule has 0 spiro atoms. The Bertz CT molecular complexity index is 888. The highest BCUT2D eigenvalue weighted by Gasteiger charge is 2.16. The molecule has 0 aliphatic carbocycles. The van der Waals surface area contributed by atoms with Gasteiger partial charge >= 0.3 is 0 Å². The van der Waals surface area contributed by atoms with Gasteiger partial charge in [0, 0.05) is 10.9 Å². The van der Waals surface area contributed by atoms with Gasteiger partial charge in [0.05, 0.1) is 0 Å². The van der Waals surface area contributed by atoms with Crippen LogP contribution in [0.25, 0.3) is 22.0 Å². The molecule has 0 aliphatic heterocycles. The number of carbonyl (C=O) groups excluding carboxylic acids is 1. The average Bonchev–Trinajstić information content (AvgIpc) is 2.59. The number of nitrogens with two attached hydrogens (primary N) is 2. The molecular weight excluding hydrogens is 300 g/mol. The van der Waals surface area contributed by atoms with Gasteiger partial charge in [-0.05, 0) is 37.4 Å². The van der Waals surface area contributed by atoms with Crippen molar-refractivity contribution in [3.63, 3.8) is 0 Å². The normalized spacial score (nSPS) is 10.9. The van der Waals surface area contributed by atoms with Gasteiger partial charge in [-0.3, -0.25) is 4.79 Å². The van der Waals surface area contributed by atoms with Crippen molar-refractivity contribution in [2.75, 3.05) is 6.54 Å². The minimum absolute atomic E-state index is 0.233. The molecular formula is C19H20N4O. The molecule has 0 bridgehead atoms. The molecule has 0 radical (unpaired) electrons.